The molecule has 7 heteroatoms. The predicted octanol–water partition coefficient (Wildman–Crippen LogP) is 4.28. The molecule has 0 saturated carbocycles. The summed E-state index contributed by atoms with van der Waals surface area (Å²) in [5.41, 5.74) is 3.35. The highest BCUT2D eigenvalue weighted by atomic mass is 35.5. The highest BCUT2D eigenvalue weighted by Gasteiger charge is 2.20. The van der Waals surface area contributed by atoms with E-state index in [0.717, 1.165) is 22.7 Å². The van der Waals surface area contributed by atoms with Gasteiger partial charge in [-0.1, -0.05) is 54.1 Å². The number of nitrogens with one attached hydrogen (secondary N) is 2. The van der Waals surface area contributed by atoms with E-state index in [0.29, 0.717) is 10.8 Å². The van der Waals surface area contributed by atoms with Crippen LogP contribution in [-0.4, -0.2) is 21.6 Å². The van der Waals surface area contributed by atoms with Gasteiger partial charge in [-0.05, 0) is 41.6 Å². The number of imidazole rings is 1. The fraction of sp³-hybridized carbons (Fsp3) is 0.0952. The second kappa shape index (κ2) is 8.46. The molecule has 2 aromatic carbocycles. The summed E-state index contributed by atoms with van der Waals surface area (Å²) in [5.74, 6) is 0.639. The van der Waals surface area contributed by atoms with Crippen LogP contribution in [0.3, 0.4) is 0 Å². The van der Waals surface area contributed by atoms with Crippen molar-refractivity contribution in [3.05, 3.63) is 83.5 Å². The van der Waals surface area contributed by atoms with Crippen molar-refractivity contribution in [2.75, 3.05) is 11.1 Å². The van der Waals surface area contributed by atoms with Crippen LogP contribution in [0.15, 0.2) is 78.1 Å². The highest BCUT2D eigenvalue weighted by Crippen LogP contribution is 2.19. The van der Waals surface area contributed by atoms with E-state index in [-0.39, 0.29) is 11.7 Å². The summed E-state index contributed by atoms with van der Waals surface area (Å²) in [6.45, 7) is 0.730. The van der Waals surface area contributed by atoms with Gasteiger partial charge in [-0.3, -0.25) is 4.79 Å². The maximum absolute atomic E-state index is 12.3. The Kier molecular flexibility index (Phi) is 5.60. The van der Waals surface area contributed by atoms with Gasteiger partial charge in [0, 0.05) is 6.20 Å². The highest BCUT2D eigenvalue weighted by molar-refractivity contribution is 7.99. The first-order valence-corrected chi connectivity index (χ1v) is 10.1. The molecule has 0 spiro atoms. The summed E-state index contributed by atoms with van der Waals surface area (Å²) in [4.78, 5) is 19.8. The fourth-order valence-electron chi connectivity index (χ4n) is 2.91. The second-order valence-corrected chi connectivity index (χ2v) is 7.62. The zero-order valence-electron chi connectivity index (χ0n) is 14.9. The lowest BCUT2D eigenvalue weighted by atomic mass is 10.2. The number of para-hydroxylation sites is 2. The average Bonchev–Trinajstić information content (AvgIpc) is 3.06. The van der Waals surface area contributed by atoms with Crippen molar-refractivity contribution < 1.29 is 9.36 Å². The quantitative estimate of drug-likeness (QED) is 0.369. The lowest BCUT2D eigenvalue weighted by Crippen LogP contribution is -2.35. The number of hydrogen-bond donors (Lipinski definition) is 2. The molecule has 0 saturated heterocycles. The van der Waals surface area contributed by atoms with Crippen LogP contribution in [0.5, 0.6) is 0 Å². The van der Waals surface area contributed by atoms with Crippen molar-refractivity contribution in [3.8, 4) is 0 Å². The van der Waals surface area contributed by atoms with Crippen molar-refractivity contribution in [2.24, 2.45) is 0 Å². The molecule has 2 heterocycles. The van der Waals surface area contributed by atoms with Gasteiger partial charge in [0.1, 0.15) is 12.4 Å². The molecular formula is C21H18ClN4OS+. The van der Waals surface area contributed by atoms with Gasteiger partial charge in [-0.25, -0.2) is 14.5 Å². The van der Waals surface area contributed by atoms with Crippen LogP contribution in [0.4, 0.5) is 5.82 Å². The molecule has 0 aliphatic carbocycles. The second-order valence-electron chi connectivity index (χ2n) is 6.22. The number of halogens is 1. The number of anilines is 1. The van der Waals surface area contributed by atoms with E-state index in [2.05, 4.69) is 38.1 Å². The van der Waals surface area contributed by atoms with Crippen LogP contribution >= 0.6 is 23.4 Å². The molecular weight excluding hydrogens is 392 g/mol. The number of aromatic nitrogens is 3. The number of aromatic amines is 1. The number of hydrogen-bond acceptors (Lipinski definition) is 3. The number of H-pyrrole nitrogens is 1. The first kappa shape index (κ1) is 18.5. The van der Waals surface area contributed by atoms with E-state index in [4.69, 9.17) is 11.6 Å². The minimum Gasteiger partial charge on any atom is -0.310 e. The largest absolute Gasteiger partial charge is 0.317 e. The molecule has 0 radical (unpaired) electrons. The van der Waals surface area contributed by atoms with Crippen molar-refractivity contribution in [1.82, 2.24) is 9.97 Å². The van der Waals surface area contributed by atoms with E-state index in [1.807, 2.05) is 36.4 Å². The Balaban J connectivity index is 1.52. The van der Waals surface area contributed by atoms with E-state index in [1.54, 1.807) is 12.1 Å². The number of amides is 1. The number of nitrogens with zero attached hydrogens (tertiary/aromatic N) is 2. The van der Waals surface area contributed by atoms with Gasteiger partial charge in [0.25, 0.3) is 0 Å². The number of benzene rings is 2. The van der Waals surface area contributed by atoms with Gasteiger partial charge in [0.2, 0.25) is 5.91 Å². The van der Waals surface area contributed by atoms with Gasteiger partial charge in [0.05, 0.1) is 10.8 Å². The Labute approximate surface area is 171 Å². The van der Waals surface area contributed by atoms with Crippen LogP contribution in [0.1, 0.15) is 5.56 Å². The maximum Gasteiger partial charge on any atom is 0.317 e. The van der Waals surface area contributed by atoms with Gasteiger partial charge in [0.15, 0.2) is 11.0 Å². The number of rotatable bonds is 6. The van der Waals surface area contributed by atoms with Crippen LogP contribution in [0, 0.1) is 0 Å². The predicted molar refractivity (Wildman–Crippen MR) is 113 cm³/mol. The monoisotopic (exact) mass is 409 g/mol. The Morgan fingerprint density at radius 2 is 1.86 bits per heavy atom. The minimum absolute atomic E-state index is 0.121. The van der Waals surface area contributed by atoms with E-state index >= 15 is 0 Å². The zero-order valence-corrected chi connectivity index (χ0v) is 16.5. The number of carbonyl (C=O) groups excluding carboxylic acids is 1. The normalized spacial score (nSPS) is 10.9. The summed E-state index contributed by atoms with van der Waals surface area (Å²) < 4.78 is 2.20. The molecule has 0 unspecified atom stereocenters. The molecule has 0 fully saturated rings. The lowest BCUT2D eigenvalue weighted by Gasteiger charge is -2.04. The molecule has 140 valence electrons. The van der Waals surface area contributed by atoms with Gasteiger partial charge >= 0.3 is 5.16 Å². The van der Waals surface area contributed by atoms with Crippen molar-refractivity contribution in [3.63, 3.8) is 0 Å². The Hall–Kier alpha value is -2.83. The molecule has 2 aromatic heterocycles. The Morgan fingerprint density at radius 1 is 1.07 bits per heavy atom. The van der Waals surface area contributed by atoms with E-state index in [9.17, 15) is 4.79 Å². The van der Waals surface area contributed by atoms with E-state index in [1.165, 1.54) is 23.5 Å². The van der Waals surface area contributed by atoms with Crippen molar-refractivity contribution in [2.45, 2.75) is 11.7 Å². The number of fused-ring (bicyclic) bond motifs is 1. The standard InChI is InChI=1S/C21H17ClN4OS/c22-16-10-11-19(23-12-16)25-20(27)14-28-21-24-17-8-4-5-9-18(17)26(21)13-15-6-2-1-3-7-15/h1-12H,13-14H2,(H,23,25,27)/p+1. The molecule has 4 rings (SSSR count). The molecule has 2 N–H and O–H groups in total. The minimum atomic E-state index is -0.121. The third kappa shape index (κ3) is 4.35. The molecule has 0 bridgehead atoms. The number of thioether (sulfide) groups is 1. The summed E-state index contributed by atoms with van der Waals surface area (Å²) in [5, 5.41) is 4.26. The van der Waals surface area contributed by atoms with Crippen molar-refractivity contribution in [1.29, 1.82) is 0 Å². The first-order chi connectivity index (χ1) is 13.7. The first-order valence-electron chi connectivity index (χ1n) is 8.78. The lowest BCUT2D eigenvalue weighted by molar-refractivity contribution is -0.700. The topological polar surface area (TPSA) is 61.7 Å². The fourth-order valence-corrected chi connectivity index (χ4v) is 3.86. The SMILES string of the molecule is O=C(CSc1[nH]c2ccccc2[n+]1Cc1ccccc1)Nc1ccc(Cl)cn1. The molecule has 1 amide bonds. The third-order valence-electron chi connectivity index (χ3n) is 4.20. The van der Waals surface area contributed by atoms with Gasteiger partial charge in [-0.15, -0.1) is 0 Å². The molecule has 5 nitrogen and oxygen atoms in total. The third-order valence-corrected chi connectivity index (χ3v) is 5.43. The van der Waals surface area contributed by atoms with E-state index < -0.39 is 0 Å². The molecule has 28 heavy (non-hydrogen) atoms. The van der Waals surface area contributed by atoms with Crippen LogP contribution in [-0.2, 0) is 11.3 Å². The zero-order chi connectivity index (χ0) is 19.3. The summed E-state index contributed by atoms with van der Waals surface area (Å²) in [7, 11) is 0. The summed E-state index contributed by atoms with van der Waals surface area (Å²) >= 11 is 7.29. The van der Waals surface area contributed by atoms with Crippen LogP contribution < -0.4 is 9.88 Å². The molecule has 4 aromatic rings. The molecule has 0 aliphatic rings. The molecule has 0 aliphatic heterocycles. The number of carbonyl (C=O) groups is 1. The Bertz CT molecular complexity index is 1100. The van der Waals surface area contributed by atoms with Gasteiger partial charge in [-0.2, -0.15) is 0 Å². The average molecular weight is 410 g/mol. The van der Waals surface area contributed by atoms with Gasteiger partial charge < -0.3 is 5.32 Å². The van der Waals surface area contributed by atoms with Crippen LogP contribution in [0.25, 0.3) is 11.0 Å². The van der Waals surface area contributed by atoms with Crippen molar-refractivity contribution >= 4 is 46.1 Å². The van der Waals surface area contributed by atoms with Crippen LogP contribution in [0.2, 0.25) is 5.02 Å². The Morgan fingerprint density at radius 3 is 2.64 bits per heavy atom. The maximum atomic E-state index is 12.3. The number of pyridine rings is 1. The smallest absolute Gasteiger partial charge is 0.310 e. The molecule has 0 atom stereocenters. The summed E-state index contributed by atoms with van der Waals surface area (Å²) in [6.07, 6.45) is 1.51. The summed E-state index contributed by atoms with van der Waals surface area (Å²) in [6, 6.07) is 21.8.